The summed E-state index contributed by atoms with van der Waals surface area (Å²) < 4.78 is 11.8. The molecule has 0 fully saturated rings. The van der Waals surface area contributed by atoms with Gasteiger partial charge in [0.1, 0.15) is 0 Å². The molecule has 0 aromatic carbocycles. The fourth-order valence-corrected chi connectivity index (χ4v) is 0.339. The number of hydrogen-bond acceptors (Lipinski definition) is 2. The van der Waals surface area contributed by atoms with Crippen molar-refractivity contribution in [1.82, 2.24) is 0 Å². The second kappa shape index (κ2) is 3.35. The van der Waals surface area contributed by atoms with Gasteiger partial charge in [-0.2, -0.15) is 4.39 Å². The molecule has 0 aliphatic rings. The smallest absolute Gasteiger partial charge is 0.186 e. The molecule has 52 valence electrons. The van der Waals surface area contributed by atoms with Crippen LogP contribution in [0.1, 0.15) is 6.92 Å². The molecule has 0 radical (unpaired) electrons. The normalized spacial score (nSPS) is 15.2. The molecular formula is C5H8ClFN2. The van der Waals surface area contributed by atoms with Crippen molar-refractivity contribution in [2.45, 2.75) is 6.92 Å². The summed E-state index contributed by atoms with van der Waals surface area (Å²) in [6.07, 6.45) is 0.955. The fraction of sp³-hybridized carbons (Fsp3) is 0.200. The summed E-state index contributed by atoms with van der Waals surface area (Å²) in [6, 6.07) is 0. The van der Waals surface area contributed by atoms with Gasteiger partial charge in [-0.05, 0) is 6.92 Å². The highest BCUT2D eigenvalue weighted by Crippen LogP contribution is 2.07. The number of nitrogens with two attached hydrogens (primary N) is 2. The molecule has 0 aliphatic carbocycles. The van der Waals surface area contributed by atoms with Crippen LogP contribution in [-0.4, -0.2) is 0 Å². The molecule has 0 rings (SSSR count). The second-order valence-electron chi connectivity index (χ2n) is 1.56. The van der Waals surface area contributed by atoms with E-state index in [9.17, 15) is 4.39 Å². The lowest BCUT2D eigenvalue weighted by molar-refractivity contribution is 0.626. The average Bonchev–Trinajstić information content (AvgIpc) is 1.63. The molecule has 0 bridgehead atoms. The molecule has 2 nitrogen and oxygen atoms in total. The summed E-state index contributed by atoms with van der Waals surface area (Å²) in [5.41, 5.74) is 10.2. The lowest BCUT2D eigenvalue weighted by Gasteiger charge is -1.91. The van der Waals surface area contributed by atoms with Gasteiger partial charge in [0.2, 0.25) is 0 Å². The summed E-state index contributed by atoms with van der Waals surface area (Å²) in [5.74, 6) is -0.843. The van der Waals surface area contributed by atoms with E-state index in [-0.39, 0.29) is 5.03 Å². The minimum Gasteiger partial charge on any atom is -0.401 e. The third kappa shape index (κ3) is 3.85. The number of rotatable bonds is 1. The first-order valence-electron chi connectivity index (χ1n) is 2.28. The van der Waals surface area contributed by atoms with E-state index in [4.69, 9.17) is 17.3 Å². The first kappa shape index (κ1) is 8.30. The van der Waals surface area contributed by atoms with Crippen LogP contribution in [0.3, 0.4) is 0 Å². The fourth-order valence-electron chi connectivity index (χ4n) is 0.235. The molecule has 0 heterocycles. The van der Waals surface area contributed by atoms with Crippen LogP contribution in [0.4, 0.5) is 4.39 Å². The standard InChI is InChI=1S/C5H8ClFN2/c1-3(8)4(6)2-5(7)9/h2H,8-9H2,1H3/b4-3+,5-2-. The maximum Gasteiger partial charge on any atom is 0.186 e. The molecule has 0 aliphatic heterocycles. The van der Waals surface area contributed by atoms with Crippen molar-refractivity contribution in [2.75, 3.05) is 0 Å². The summed E-state index contributed by atoms with van der Waals surface area (Å²) in [7, 11) is 0. The summed E-state index contributed by atoms with van der Waals surface area (Å²) in [4.78, 5) is 0. The van der Waals surface area contributed by atoms with Gasteiger partial charge in [0.25, 0.3) is 0 Å². The van der Waals surface area contributed by atoms with Gasteiger partial charge in [-0.25, -0.2) is 0 Å². The molecule has 9 heavy (non-hydrogen) atoms. The SMILES string of the molecule is C/C(N)=C(Cl)/C=C(\N)F. The van der Waals surface area contributed by atoms with Crippen LogP contribution < -0.4 is 11.5 Å². The minimum absolute atomic E-state index is 0.134. The predicted octanol–water partition coefficient (Wildman–Crippen LogP) is 1.19. The Hall–Kier alpha value is -0.700. The Morgan fingerprint density at radius 2 is 2.00 bits per heavy atom. The predicted molar refractivity (Wildman–Crippen MR) is 36.1 cm³/mol. The number of allylic oxidation sites excluding steroid dienone is 3. The third-order valence-corrected chi connectivity index (χ3v) is 1.05. The van der Waals surface area contributed by atoms with Crippen LogP contribution in [0.5, 0.6) is 0 Å². The van der Waals surface area contributed by atoms with Gasteiger partial charge >= 0.3 is 0 Å². The van der Waals surface area contributed by atoms with Crippen molar-refractivity contribution in [3.63, 3.8) is 0 Å². The van der Waals surface area contributed by atoms with Crippen LogP contribution in [0.2, 0.25) is 0 Å². The highest BCUT2D eigenvalue weighted by Gasteiger charge is 1.91. The van der Waals surface area contributed by atoms with Crippen LogP contribution in [-0.2, 0) is 0 Å². The summed E-state index contributed by atoms with van der Waals surface area (Å²) in [6.45, 7) is 1.56. The van der Waals surface area contributed by atoms with E-state index >= 15 is 0 Å². The molecule has 0 atom stereocenters. The molecule has 0 amide bonds. The molecule has 0 unspecified atom stereocenters. The van der Waals surface area contributed by atoms with E-state index in [1.807, 2.05) is 0 Å². The Balaban J connectivity index is 4.25. The van der Waals surface area contributed by atoms with Crippen molar-refractivity contribution in [1.29, 1.82) is 0 Å². The zero-order chi connectivity index (χ0) is 7.44. The van der Waals surface area contributed by atoms with Gasteiger partial charge in [-0.1, -0.05) is 11.6 Å². The Morgan fingerprint density at radius 3 is 2.11 bits per heavy atom. The Kier molecular flexibility index (Phi) is 3.09. The largest absolute Gasteiger partial charge is 0.401 e. The lowest BCUT2D eigenvalue weighted by atomic mass is 10.4. The van der Waals surface area contributed by atoms with Crippen LogP contribution in [0, 0.1) is 0 Å². The first-order chi connectivity index (χ1) is 4.04. The van der Waals surface area contributed by atoms with Crippen molar-refractivity contribution < 1.29 is 4.39 Å². The van der Waals surface area contributed by atoms with Crippen molar-refractivity contribution in [3.05, 3.63) is 22.8 Å². The Morgan fingerprint density at radius 1 is 1.56 bits per heavy atom. The second-order valence-corrected chi connectivity index (χ2v) is 1.97. The van der Waals surface area contributed by atoms with Gasteiger partial charge in [0.05, 0.1) is 5.03 Å². The van der Waals surface area contributed by atoms with Gasteiger partial charge < -0.3 is 11.5 Å². The zero-order valence-corrected chi connectivity index (χ0v) is 5.74. The maximum atomic E-state index is 11.8. The summed E-state index contributed by atoms with van der Waals surface area (Å²) >= 11 is 5.37. The monoisotopic (exact) mass is 150 g/mol. The van der Waals surface area contributed by atoms with Gasteiger partial charge in [-0.15, -0.1) is 0 Å². The lowest BCUT2D eigenvalue weighted by Crippen LogP contribution is -1.94. The third-order valence-electron chi connectivity index (χ3n) is 0.641. The molecular weight excluding hydrogens is 143 g/mol. The maximum absolute atomic E-state index is 11.8. The summed E-state index contributed by atoms with van der Waals surface area (Å²) in [5, 5.41) is 0.134. The highest BCUT2D eigenvalue weighted by molar-refractivity contribution is 6.31. The Bertz CT molecular complexity index is 154. The molecule has 0 saturated heterocycles. The van der Waals surface area contributed by atoms with Gasteiger partial charge in [0, 0.05) is 11.8 Å². The molecule has 4 heteroatoms. The molecule has 0 aromatic heterocycles. The van der Waals surface area contributed by atoms with E-state index in [0.29, 0.717) is 5.70 Å². The van der Waals surface area contributed by atoms with Crippen LogP contribution in [0.25, 0.3) is 0 Å². The van der Waals surface area contributed by atoms with E-state index in [1.165, 1.54) is 0 Å². The van der Waals surface area contributed by atoms with E-state index in [2.05, 4.69) is 5.73 Å². The van der Waals surface area contributed by atoms with Crippen molar-refractivity contribution in [3.8, 4) is 0 Å². The van der Waals surface area contributed by atoms with E-state index in [0.717, 1.165) is 6.08 Å². The molecule has 0 spiro atoms. The molecule has 4 N–H and O–H groups in total. The topological polar surface area (TPSA) is 52.0 Å². The van der Waals surface area contributed by atoms with Crippen molar-refractivity contribution in [2.24, 2.45) is 11.5 Å². The molecule has 0 saturated carbocycles. The number of halogens is 2. The quantitative estimate of drug-likeness (QED) is 0.436. The van der Waals surface area contributed by atoms with Crippen LogP contribution in [0.15, 0.2) is 22.8 Å². The average molecular weight is 151 g/mol. The number of hydrogen-bond donors (Lipinski definition) is 2. The molecule has 0 aromatic rings. The van der Waals surface area contributed by atoms with E-state index in [1.54, 1.807) is 6.92 Å². The zero-order valence-electron chi connectivity index (χ0n) is 4.99. The van der Waals surface area contributed by atoms with Crippen LogP contribution >= 0.6 is 11.6 Å². The first-order valence-corrected chi connectivity index (χ1v) is 2.66. The highest BCUT2D eigenvalue weighted by atomic mass is 35.5. The Labute approximate surface area is 58.0 Å². The minimum atomic E-state index is -0.843. The van der Waals surface area contributed by atoms with Crippen molar-refractivity contribution >= 4 is 11.6 Å². The van der Waals surface area contributed by atoms with E-state index < -0.39 is 5.95 Å². The van der Waals surface area contributed by atoms with Gasteiger partial charge in [0.15, 0.2) is 5.95 Å². The van der Waals surface area contributed by atoms with Gasteiger partial charge in [-0.3, -0.25) is 0 Å².